The van der Waals surface area contributed by atoms with Gasteiger partial charge in [-0.3, -0.25) is 19.4 Å². The van der Waals surface area contributed by atoms with Gasteiger partial charge in [0.15, 0.2) is 0 Å². The average Bonchev–Trinajstić information content (AvgIpc) is 3.19. The van der Waals surface area contributed by atoms with Crippen molar-refractivity contribution in [3.05, 3.63) is 35.9 Å². The maximum atomic E-state index is 13.6. The number of imide groups is 1. The molecule has 10 heteroatoms. The summed E-state index contributed by atoms with van der Waals surface area (Å²) in [7, 11) is 3.30. The molecule has 2 bridgehead atoms. The Morgan fingerprint density at radius 3 is 2.16 bits per heavy atom. The zero-order chi connectivity index (χ0) is 25.7. The molecule has 3 saturated heterocycles. The normalized spacial score (nSPS) is 30.5. The number of rotatable bonds is 6. The molecule has 0 radical (unpaired) electrons. The first-order chi connectivity index (χ1) is 17.1. The third-order valence-electron chi connectivity index (χ3n) is 9.12. The Morgan fingerprint density at radius 2 is 1.62 bits per heavy atom. The van der Waals surface area contributed by atoms with Gasteiger partial charge in [0.1, 0.15) is 5.54 Å². The van der Waals surface area contributed by atoms with E-state index in [-0.39, 0.29) is 80.0 Å². The Kier molecular flexibility index (Phi) is 7.87. The van der Waals surface area contributed by atoms with Crippen LogP contribution in [0.25, 0.3) is 0 Å². The molecule has 1 N–H and O–H groups in total. The zero-order valence-electron chi connectivity index (χ0n) is 21.5. The molecule has 37 heavy (non-hydrogen) atoms. The molecule has 5 rings (SSSR count). The van der Waals surface area contributed by atoms with Crippen LogP contribution in [0.1, 0.15) is 69.4 Å². The highest BCUT2D eigenvalue weighted by Gasteiger charge is 2.60. The van der Waals surface area contributed by atoms with Crippen LogP contribution in [0.2, 0.25) is 0 Å². The van der Waals surface area contributed by atoms with E-state index in [2.05, 4.69) is 10.2 Å². The summed E-state index contributed by atoms with van der Waals surface area (Å²) in [4.78, 5) is 43.9. The van der Waals surface area contributed by atoms with Crippen LogP contribution >= 0.6 is 12.4 Å². The number of urea groups is 1. The number of alkyl halides is 2. The van der Waals surface area contributed by atoms with Crippen LogP contribution in [-0.2, 0) is 9.59 Å². The Morgan fingerprint density at radius 1 is 1.03 bits per heavy atom. The lowest BCUT2D eigenvalue weighted by Crippen LogP contribution is -2.59. The van der Waals surface area contributed by atoms with Crippen molar-refractivity contribution in [2.45, 2.75) is 87.4 Å². The van der Waals surface area contributed by atoms with Crippen LogP contribution in [0.3, 0.4) is 0 Å². The van der Waals surface area contributed by atoms with Gasteiger partial charge in [-0.25, -0.2) is 13.6 Å². The van der Waals surface area contributed by atoms with Gasteiger partial charge in [-0.1, -0.05) is 30.3 Å². The van der Waals surface area contributed by atoms with E-state index in [0.29, 0.717) is 19.3 Å². The highest BCUT2D eigenvalue weighted by molar-refractivity contribution is 6.06. The molecule has 0 aromatic heterocycles. The Labute approximate surface area is 223 Å². The summed E-state index contributed by atoms with van der Waals surface area (Å²) in [5.41, 5.74) is 0.260. The first-order valence-electron chi connectivity index (χ1n) is 13.2. The van der Waals surface area contributed by atoms with Gasteiger partial charge < -0.3 is 10.2 Å². The predicted octanol–water partition coefficient (Wildman–Crippen LogP) is 4.37. The van der Waals surface area contributed by atoms with E-state index in [4.69, 9.17) is 0 Å². The minimum absolute atomic E-state index is 0. The van der Waals surface area contributed by atoms with Gasteiger partial charge in [-0.2, -0.15) is 0 Å². The summed E-state index contributed by atoms with van der Waals surface area (Å²) in [6.45, 7) is 0.760. The third-order valence-corrected chi connectivity index (χ3v) is 9.12. The van der Waals surface area contributed by atoms with E-state index >= 15 is 0 Å². The van der Waals surface area contributed by atoms with Crippen molar-refractivity contribution in [3.63, 3.8) is 0 Å². The fourth-order valence-electron chi connectivity index (χ4n) is 6.96. The van der Waals surface area contributed by atoms with Crippen LogP contribution < -0.4 is 5.32 Å². The highest BCUT2D eigenvalue weighted by Crippen LogP contribution is 2.46. The molecule has 2 unspecified atom stereocenters. The molecule has 4 amide bonds. The van der Waals surface area contributed by atoms with Crippen LogP contribution in [0.15, 0.2) is 30.3 Å². The summed E-state index contributed by atoms with van der Waals surface area (Å²) < 4.78 is 27.2. The molecular weight excluding hydrogens is 502 g/mol. The summed E-state index contributed by atoms with van der Waals surface area (Å²) >= 11 is 0. The lowest BCUT2D eigenvalue weighted by Gasteiger charge is -2.46. The van der Waals surface area contributed by atoms with Crippen LogP contribution in [0.5, 0.6) is 0 Å². The number of hydrogen-bond acceptors (Lipinski definition) is 4. The lowest BCUT2D eigenvalue weighted by atomic mass is 9.81. The van der Waals surface area contributed by atoms with Crippen LogP contribution in [-0.4, -0.2) is 76.7 Å². The number of nitrogens with zero attached hydrogens (tertiary/aromatic N) is 3. The van der Waals surface area contributed by atoms with Gasteiger partial charge in [0.25, 0.3) is 5.91 Å². The third kappa shape index (κ3) is 5.09. The number of benzene rings is 1. The van der Waals surface area contributed by atoms with E-state index in [1.54, 1.807) is 19.0 Å². The first kappa shape index (κ1) is 27.8. The number of amides is 4. The second-order valence-electron chi connectivity index (χ2n) is 11.2. The predicted molar refractivity (Wildman–Crippen MR) is 138 cm³/mol. The number of halogens is 3. The van der Waals surface area contributed by atoms with E-state index < -0.39 is 11.5 Å². The molecule has 4 aliphatic rings. The lowest BCUT2D eigenvalue weighted by molar-refractivity contribution is -0.136. The maximum Gasteiger partial charge on any atom is 0.327 e. The fourth-order valence-corrected chi connectivity index (χ4v) is 6.96. The van der Waals surface area contributed by atoms with Crippen LogP contribution in [0, 0.1) is 5.92 Å². The minimum Gasteiger partial charge on any atom is -0.349 e. The number of carbonyl (C=O) groups is 3. The molecule has 4 fully saturated rings. The number of carbonyl (C=O) groups excluding carboxylic acids is 3. The monoisotopic (exact) mass is 538 g/mol. The number of hydrogen-bond donors (Lipinski definition) is 1. The van der Waals surface area contributed by atoms with Crippen molar-refractivity contribution in [3.8, 4) is 0 Å². The molecular formula is C27H37ClF2N4O3. The Bertz CT molecular complexity index is 1000. The molecule has 1 aromatic carbocycles. The largest absolute Gasteiger partial charge is 0.349 e. The molecule has 3 atom stereocenters. The molecule has 7 nitrogen and oxygen atoms in total. The van der Waals surface area contributed by atoms with Crippen molar-refractivity contribution < 1.29 is 23.2 Å². The minimum atomic E-state index is -2.66. The standard InChI is InChI=1S/C27H36F2N4O3.ClH/c1-31-24(35)26(32(2)25(31)36)16-20-8-9-21(17-26)33(20)15-12-22(18-6-4-3-5-7-18)30-23(34)19-10-13-27(28,29)14-11-19;/h3-7,19-22H,8-17H2,1-2H3,(H,30,34);1H/t20?,21?,22-,26?;/m0./s1. The number of fused-ring (bicyclic) bond motifs is 2. The van der Waals surface area contributed by atoms with Gasteiger partial charge in [0.05, 0.1) is 6.04 Å². The molecule has 3 heterocycles. The molecule has 1 aromatic rings. The van der Waals surface area contributed by atoms with Crippen molar-refractivity contribution in [2.24, 2.45) is 5.92 Å². The molecule has 1 aliphatic carbocycles. The summed E-state index contributed by atoms with van der Waals surface area (Å²) in [5.74, 6) is -3.27. The second kappa shape index (κ2) is 10.5. The number of nitrogens with one attached hydrogen (secondary N) is 1. The second-order valence-corrected chi connectivity index (χ2v) is 11.2. The quantitative estimate of drug-likeness (QED) is 0.546. The smallest absolute Gasteiger partial charge is 0.327 e. The van der Waals surface area contributed by atoms with E-state index in [9.17, 15) is 23.2 Å². The summed E-state index contributed by atoms with van der Waals surface area (Å²) in [6.07, 6.45) is 3.91. The maximum absolute atomic E-state index is 13.6. The first-order valence-corrected chi connectivity index (χ1v) is 13.2. The number of likely N-dealkylation sites (N-methyl/N-ethyl adjacent to an activating group) is 2. The van der Waals surface area contributed by atoms with E-state index in [1.165, 1.54) is 4.90 Å². The van der Waals surface area contributed by atoms with Crippen molar-refractivity contribution in [2.75, 3.05) is 20.6 Å². The molecule has 1 saturated carbocycles. The van der Waals surface area contributed by atoms with Crippen molar-refractivity contribution >= 4 is 30.3 Å². The summed E-state index contributed by atoms with van der Waals surface area (Å²) in [6, 6.07) is 9.78. The van der Waals surface area contributed by atoms with E-state index in [1.807, 2.05) is 30.3 Å². The van der Waals surface area contributed by atoms with E-state index in [0.717, 1.165) is 24.9 Å². The van der Waals surface area contributed by atoms with Gasteiger partial charge in [-0.05, 0) is 50.5 Å². The zero-order valence-corrected chi connectivity index (χ0v) is 22.3. The van der Waals surface area contributed by atoms with Crippen molar-refractivity contribution in [1.29, 1.82) is 0 Å². The Hall–Kier alpha value is -2.26. The molecule has 204 valence electrons. The average molecular weight is 539 g/mol. The SMILES string of the molecule is CN1C(=O)N(C)C2(CC3CCC(C2)N3CC[C@H](NC(=O)C2CCC(F)(F)CC2)c2ccccc2)C1=O.Cl. The Balaban J connectivity index is 0.00000320. The summed E-state index contributed by atoms with van der Waals surface area (Å²) in [5, 5.41) is 3.17. The topological polar surface area (TPSA) is 73.0 Å². The molecule has 1 spiro atoms. The van der Waals surface area contributed by atoms with Crippen molar-refractivity contribution in [1.82, 2.24) is 20.0 Å². The van der Waals surface area contributed by atoms with Gasteiger partial charge in [0, 0.05) is 51.5 Å². The molecule has 3 aliphatic heterocycles. The van der Waals surface area contributed by atoms with Gasteiger partial charge in [-0.15, -0.1) is 12.4 Å². The van der Waals surface area contributed by atoms with Gasteiger partial charge in [0.2, 0.25) is 11.8 Å². The highest BCUT2D eigenvalue weighted by atomic mass is 35.5. The number of piperidine rings is 1. The van der Waals surface area contributed by atoms with Crippen LogP contribution in [0.4, 0.5) is 13.6 Å². The van der Waals surface area contributed by atoms with Gasteiger partial charge >= 0.3 is 6.03 Å². The fraction of sp³-hybridized carbons (Fsp3) is 0.667.